The van der Waals surface area contributed by atoms with Gasteiger partial charge in [0.1, 0.15) is 0 Å². The monoisotopic (exact) mass is 333 g/mol. The van der Waals surface area contributed by atoms with Crippen molar-refractivity contribution >= 4 is 21.7 Å². The Kier molecular flexibility index (Phi) is 4.75. The van der Waals surface area contributed by atoms with Crippen molar-refractivity contribution in [1.82, 2.24) is 0 Å². The number of methoxy groups -OCH3 is 1. The van der Waals surface area contributed by atoms with Gasteiger partial charge in [-0.05, 0) is 56.2 Å². The van der Waals surface area contributed by atoms with Gasteiger partial charge >= 0.3 is 5.97 Å². The first-order chi connectivity index (χ1) is 10.7. The van der Waals surface area contributed by atoms with Crippen LogP contribution in [0.4, 0.5) is 5.69 Å². The Balaban J connectivity index is 2.45. The van der Waals surface area contributed by atoms with Crippen molar-refractivity contribution in [3.05, 3.63) is 58.7 Å². The van der Waals surface area contributed by atoms with Crippen LogP contribution < -0.4 is 4.72 Å². The molecule has 1 N–H and O–H groups in total. The van der Waals surface area contributed by atoms with Crippen molar-refractivity contribution in [3.8, 4) is 0 Å². The quantitative estimate of drug-likeness (QED) is 0.872. The van der Waals surface area contributed by atoms with Crippen LogP contribution in [-0.4, -0.2) is 21.5 Å². The first-order valence-corrected chi connectivity index (χ1v) is 8.52. The second kappa shape index (κ2) is 6.42. The van der Waals surface area contributed by atoms with Crippen molar-refractivity contribution in [1.29, 1.82) is 0 Å². The largest absolute Gasteiger partial charge is 0.465 e. The highest BCUT2D eigenvalue weighted by Gasteiger charge is 2.19. The number of carbonyl (C=O) groups is 1. The van der Waals surface area contributed by atoms with Gasteiger partial charge in [-0.3, -0.25) is 4.72 Å². The van der Waals surface area contributed by atoms with Crippen LogP contribution in [0.25, 0.3) is 0 Å². The average Bonchev–Trinajstić information content (AvgIpc) is 2.50. The summed E-state index contributed by atoms with van der Waals surface area (Å²) >= 11 is 0. The number of anilines is 1. The van der Waals surface area contributed by atoms with Gasteiger partial charge in [0.15, 0.2) is 0 Å². The standard InChI is InChI=1S/C17H19NO4S/c1-11-5-7-14(8-6-11)23(20,21)18-16-10-12(2)9-15(13(16)3)17(19)22-4/h5-10,18H,1-4H3. The van der Waals surface area contributed by atoms with Gasteiger partial charge in [0.25, 0.3) is 10.0 Å². The van der Waals surface area contributed by atoms with Crippen LogP contribution >= 0.6 is 0 Å². The van der Waals surface area contributed by atoms with Gasteiger partial charge < -0.3 is 4.74 Å². The van der Waals surface area contributed by atoms with Crippen molar-refractivity contribution in [2.75, 3.05) is 11.8 Å². The van der Waals surface area contributed by atoms with E-state index < -0.39 is 16.0 Å². The van der Waals surface area contributed by atoms with Gasteiger partial charge in [0, 0.05) is 0 Å². The number of hydrogen-bond donors (Lipinski definition) is 1. The van der Waals surface area contributed by atoms with Crippen LogP contribution in [0.5, 0.6) is 0 Å². The average molecular weight is 333 g/mol. The Hall–Kier alpha value is -2.34. The Morgan fingerprint density at radius 3 is 2.17 bits per heavy atom. The number of ether oxygens (including phenoxy) is 1. The third-order valence-corrected chi connectivity index (χ3v) is 4.91. The van der Waals surface area contributed by atoms with E-state index in [1.807, 2.05) is 6.92 Å². The molecule has 0 unspecified atom stereocenters. The van der Waals surface area contributed by atoms with E-state index in [4.69, 9.17) is 4.74 Å². The highest BCUT2D eigenvalue weighted by atomic mass is 32.2. The first kappa shape index (κ1) is 17.0. The fraction of sp³-hybridized carbons (Fsp3) is 0.235. The predicted octanol–water partition coefficient (Wildman–Crippen LogP) is 3.20. The van der Waals surface area contributed by atoms with Gasteiger partial charge in [0.2, 0.25) is 0 Å². The molecule has 0 radical (unpaired) electrons. The lowest BCUT2D eigenvalue weighted by molar-refractivity contribution is 0.0600. The zero-order chi connectivity index (χ0) is 17.2. The molecule has 2 aromatic rings. The zero-order valence-corrected chi connectivity index (χ0v) is 14.3. The lowest BCUT2D eigenvalue weighted by Crippen LogP contribution is -2.15. The molecule has 0 aromatic heterocycles. The summed E-state index contributed by atoms with van der Waals surface area (Å²) in [6, 6.07) is 9.92. The van der Waals surface area contributed by atoms with E-state index in [0.717, 1.165) is 11.1 Å². The molecule has 5 nitrogen and oxygen atoms in total. The van der Waals surface area contributed by atoms with Crippen molar-refractivity contribution in [3.63, 3.8) is 0 Å². The molecule has 0 bridgehead atoms. The van der Waals surface area contributed by atoms with E-state index in [9.17, 15) is 13.2 Å². The van der Waals surface area contributed by atoms with Gasteiger partial charge in [-0.1, -0.05) is 17.7 Å². The normalized spacial score (nSPS) is 11.1. The molecular formula is C17H19NO4S. The minimum Gasteiger partial charge on any atom is -0.465 e. The lowest BCUT2D eigenvalue weighted by Gasteiger charge is -2.14. The maximum Gasteiger partial charge on any atom is 0.338 e. The van der Waals surface area contributed by atoms with Crippen LogP contribution in [0.3, 0.4) is 0 Å². The van der Waals surface area contributed by atoms with Crippen molar-refractivity contribution < 1.29 is 17.9 Å². The number of nitrogens with one attached hydrogen (secondary N) is 1. The van der Waals surface area contributed by atoms with Crippen LogP contribution in [0, 0.1) is 20.8 Å². The molecule has 23 heavy (non-hydrogen) atoms. The molecule has 0 saturated heterocycles. The summed E-state index contributed by atoms with van der Waals surface area (Å²) < 4.78 is 32.3. The van der Waals surface area contributed by atoms with Gasteiger partial charge in [-0.15, -0.1) is 0 Å². The molecule has 2 rings (SSSR count). The van der Waals surface area contributed by atoms with Gasteiger partial charge in [0.05, 0.1) is 23.3 Å². The van der Waals surface area contributed by atoms with E-state index in [-0.39, 0.29) is 4.90 Å². The fourth-order valence-corrected chi connectivity index (χ4v) is 3.32. The van der Waals surface area contributed by atoms with Crippen LogP contribution in [0.2, 0.25) is 0 Å². The molecule has 0 amide bonds. The molecule has 0 spiro atoms. The fourth-order valence-electron chi connectivity index (χ4n) is 2.21. The van der Waals surface area contributed by atoms with Crippen LogP contribution in [0.1, 0.15) is 27.0 Å². The minimum absolute atomic E-state index is 0.170. The summed E-state index contributed by atoms with van der Waals surface area (Å²) in [6.07, 6.45) is 0. The summed E-state index contributed by atoms with van der Waals surface area (Å²) in [5.74, 6) is -0.498. The van der Waals surface area contributed by atoms with E-state index in [0.29, 0.717) is 16.8 Å². The molecule has 0 aliphatic carbocycles. The second-order valence-corrected chi connectivity index (χ2v) is 7.08. The molecule has 0 aliphatic heterocycles. The number of rotatable bonds is 4. The van der Waals surface area contributed by atoms with Gasteiger partial charge in [-0.25, -0.2) is 13.2 Å². The Labute approximate surface area is 136 Å². The van der Waals surface area contributed by atoms with E-state index >= 15 is 0 Å². The summed E-state index contributed by atoms with van der Waals surface area (Å²) in [5.41, 5.74) is 2.97. The topological polar surface area (TPSA) is 72.5 Å². The maximum absolute atomic E-state index is 12.5. The number of aryl methyl sites for hydroxylation is 2. The summed E-state index contributed by atoms with van der Waals surface area (Å²) in [4.78, 5) is 12.0. The summed E-state index contributed by atoms with van der Waals surface area (Å²) in [5, 5.41) is 0. The molecule has 2 aromatic carbocycles. The molecule has 122 valence electrons. The molecular weight excluding hydrogens is 314 g/mol. The Morgan fingerprint density at radius 1 is 1.00 bits per heavy atom. The number of benzene rings is 2. The van der Waals surface area contributed by atoms with Crippen LogP contribution in [-0.2, 0) is 14.8 Å². The smallest absolute Gasteiger partial charge is 0.338 e. The third-order valence-electron chi connectivity index (χ3n) is 3.53. The summed E-state index contributed by atoms with van der Waals surface area (Å²) in [6.45, 7) is 5.35. The van der Waals surface area contributed by atoms with E-state index in [1.54, 1.807) is 50.2 Å². The highest BCUT2D eigenvalue weighted by molar-refractivity contribution is 7.92. The third kappa shape index (κ3) is 3.71. The molecule has 0 aliphatic rings. The molecule has 0 saturated carbocycles. The van der Waals surface area contributed by atoms with Crippen molar-refractivity contribution in [2.45, 2.75) is 25.7 Å². The number of hydrogen-bond acceptors (Lipinski definition) is 4. The molecule has 6 heteroatoms. The number of carbonyl (C=O) groups excluding carboxylic acids is 1. The second-order valence-electron chi connectivity index (χ2n) is 5.40. The molecule has 0 atom stereocenters. The zero-order valence-electron chi connectivity index (χ0n) is 13.5. The lowest BCUT2D eigenvalue weighted by atomic mass is 10.0. The number of esters is 1. The molecule has 0 heterocycles. The molecule has 0 fully saturated rings. The first-order valence-electron chi connectivity index (χ1n) is 7.03. The predicted molar refractivity (Wildman–Crippen MR) is 89.2 cm³/mol. The van der Waals surface area contributed by atoms with Crippen LogP contribution in [0.15, 0.2) is 41.3 Å². The van der Waals surface area contributed by atoms with E-state index in [2.05, 4.69) is 4.72 Å². The SMILES string of the molecule is COC(=O)c1cc(C)cc(NS(=O)(=O)c2ccc(C)cc2)c1C. The van der Waals surface area contributed by atoms with Crippen molar-refractivity contribution in [2.24, 2.45) is 0 Å². The maximum atomic E-state index is 12.5. The Morgan fingerprint density at radius 2 is 1.61 bits per heavy atom. The minimum atomic E-state index is -3.72. The highest BCUT2D eigenvalue weighted by Crippen LogP contribution is 2.25. The summed E-state index contributed by atoms with van der Waals surface area (Å²) in [7, 11) is -2.43. The Bertz CT molecular complexity index is 840. The van der Waals surface area contributed by atoms with E-state index in [1.165, 1.54) is 7.11 Å². The number of sulfonamides is 1. The van der Waals surface area contributed by atoms with Gasteiger partial charge in [-0.2, -0.15) is 0 Å².